The quantitative estimate of drug-likeness (QED) is 0.883. The van der Waals surface area contributed by atoms with E-state index < -0.39 is 0 Å². The van der Waals surface area contributed by atoms with E-state index in [4.69, 9.17) is 4.74 Å². The molecule has 2 aromatic rings. The Morgan fingerprint density at radius 1 is 1.52 bits per heavy atom. The number of methoxy groups -OCH3 is 1. The molecule has 7 heteroatoms. The van der Waals surface area contributed by atoms with Gasteiger partial charge in [-0.3, -0.25) is 10.3 Å². The molecule has 2 aromatic heterocycles. The Morgan fingerprint density at radius 2 is 2.35 bits per heavy atom. The molecule has 0 unspecified atom stereocenters. The smallest absolute Gasteiger partial charge is 0.322 e. The molecule has 23 heavy (non-hydrogen) atoms. The van der Waals surface area contributed by atoms with Gasteiger partial charge in [0.15, 0.2) is 0 Å². The van der Waals surface area contributed by atoms with Crippen molar-refractivity contribution in [1.29, 1.82) is 5.26 Å². The van der Waals surface area contributed by atoms with Crippen molar-refractivity contribution in [1.82, 2.24) is 9.88 Å². The second-order valence-corrected chi connectivity index (χ2v) is 5.78. The van der Waals surface area contributed by atoms with Gasteiger partial charge in [0, 0.05) is 19.9 Å². The van der Waals surface area contributed by atoms with Gasteiger partial charge in [-0.15, -0.1) is 11.3 Å². The second-order valence-electron chi connectivity index (χ2n) is 4.90. The highest BCUT2D eigenvalue weighted by Gasteiger charge is 2.17. The van der Waals surface area contributed by atoms with Crippen LogP contribution < -0.4 is 5.32 Å². The van der Waals surface area contributed by atoms with E-state index in [1.54, 1.807) is 18.2 Å². The van der Waals surface area contributed by atoms with Crippen LogP contribution >= 0.6 is 11.3 Å². The first-order chi connectivity index (χ1) is 11.2. The highest BCUT2D eigenvalue weighted by atomic mass is 32.1. The van der Waals surface area contributed by atoms with Crippen molar-refractivity contribution in [2.75, 3.05) is 25.6 Å². The molecule has 2 heterocycles. The van der Waals surface area contributed by atoms with E-state index >= 15 is 0 Å². The van der Waals surface area contributed by atoms with Crippen LogP contribution in [0.5, 0.6) is 0 Å². The molecular weight excluding hydrogens is 312 g/mol. The van der Waals surface area contributed by atoms with Gasteiger partial charge in [-0.05, 0) is 30.0 Å². The summed E-state index contributed by atoms with van der Waals surface area (Å²) in [7, 11) is 1.59. The third kappa shape index (κ3) is 4.52. The van der Waals surface area contributed by atoms with E-state index in [-0.39, 0.29) is 6.03 Å². The number of rotatable bonds is 6. The molecule has 0 aliphatic heterocycles. The lowest BCUT2D eigenvalue weighted by Gasteiger charge is -2.22. The minimum Gasteiger partial charge on any atom is -0.383 e. The summed E-state index contributed by atoms with van der Waals surface area (Å²) in [6.07, 6.45) is 1.69. The summed E-state index contributed by atoms with van der Waals surface area (Å²) in [5.41, 5.74) is 2.16. The van der Waals surface area contributed by atoms with Gasteiger partial charge in [0.2, 0.25) is 0 Å². The van der Waals surface area contributed by atoms with E-state index in [0.29, 0.717) is 30.3 Å². The Kier molecular flexibility index (Phi) is 6.09. The summed E-state index contributed by atoms with van der Waals surface area (Å²) in [6.45, 7) is 3.09. The Labute approximate surface area is 139 Å². The third-order valence-corrected chi connectivity index (χ3v) is 4.25. The number of amides is 2. The summed E-state index contributed by atoms with van der Waals surface area (Å²) in [5.74, 6) is 0. The normalized spacial score (nSPS) is 10.1. The summed E-state index contributed by atoms with van der Waals surface area (Å²) < 4.78 is 5.07. The number of urea groups is 1. The van der Waals surface area contributed by atoms with Crippen LogP contribution in [0.4, 0.5) is 9.80 Å². The van der Waals surface area contributed by atoms with Gasteiger partial charge in [0.05, 0.1) is 24.4 Å². The monoisotopic (exact) mass is 330 g/mol. The number of thiophene rings is 1. The Hall–Kier alpha value is -2.43. The standard InChI is InChI=1S/C16H18N4O2S/c1-12-11-23-15(14(12)9-17)19-16(21)20(7-8-22-2)10-13-5-3-4-6-18-13/h3-6,11H,7-8,10H2,1-2H3,(H,19,21). The average Bonchev–Trinajstić information content (AvgIpc) is 2.91. The van der Waals surface area contributed by atoms with Crippen LogP contribution in [0.2, 0.25) is 0 Å². The molecule has 0 saturated carbocycles. The molecule has 1 N–H and O–H groups in total. The average molecular weight is 330 g/mol. The number of aryl methyl sites for hydroxylation is 1. The maximum atomic E-state index is 12.5. The van der Waals surface area contributed by atoms with Crippen molar-refractivity contribution in [3.8, 4) is 6.07 Å². The zero-order valence-electron chi connectivity index (χ0n) is 13.1. The van der Waals surface area contributed by atoms with E-state index in [2.05, 4.69) is 16.4 Å². The fraction of sp³-hybridized carbons (Fsp3) is 0.312. The summed E-state index contributed by atoms with van der Waals surface area (Å²) >= 11 is 1.35. The molecule has 2 amide bonds. The first-order valence-electron chi connectivity index (χ1n) is 7.08. The number of pyridine rings is 1. The lowest BCUT2D eigenvalue weighted by atomic mass is 10.2. The summed E-state index contributed by atoms with van der Waals surface area (Å²) in [6, 6.07) is 7.42. The van der Waals surface area contributed by atoms with Crippen LogP contribution in [-0.2, 0) is 11.3 Å². The topological polar surface area (TPSA) is 78.2 Å². The van der Waals surface area contributed by atoms with Crippen LogP contribution in [-0.4, -0.2) is 36.2 Å². The summed E-state index contributed by atoms with van der Waals surface area (Å²) in [5, 5.41) is 14.4. The SMILES string of the molecule is COCCN(Cc1ccccn1)C(=O)Nc1scc(C)c1C#N. The molecule has 0 aliphatic carbocycles. The van der Waals surface area contributed by atoms with E-state index in [9.17, 15) is 10.1 Å². The Morgan fingerprint density at radius 3 is 3.00 bits per heavy atom. The van der Waals surface area contributed by atoms with Crippen molar-refractivity contribution in [2.24, 2.45) is 0 Å². The van der Waals surface area contributed by atoms with Crippen LogP contribution in [0.15, 0.2) is 29.8 Å². The lowest BCUT2D eigenvalue weighted by Crippen LogP contribution is -2.37. The van der Waals surface area contributed by atoms with Crippen molar-refractivity contribution in [2.45, 2.75) is 13.5 Å². The number of hydrogen-bond donors (Lipinski definition) is 1. The number of hydrogen-bond acceptors (Lipinski definition) is 5. The first-order valence-corrected chi connectivity index (χ1v) is 7.96. The first kappa shape index (κ1) is 16.9. The van der Waals surface area contributed by atoms with Crippen LogP contribution in [0.25, 0.3) is 0 Å². The Bertz CT molecular complexity index is 694. The third-order valence-electron chi connectivity index (χ3n) is 3.24. The molecule has 0 radical (unpaired) electrons. The van der Waals surface area contributed by atoms with Gasteiger partial charge >= 0.3 is 6.03 Å². The molecule has 120 valence electrons. The van der Waals surface area contributed by atoms with Gasteiger partial charge in [-0.25, -0.2) is 4.79 Å². The molecule has 2 rings (SSSR count). The molecular formula is C16H18N4O2S. The molecule has 6 nitrogen and oxygen atoms in total. The number of nitrogens with one attached hydrogen (secondary N) is 1. The van der Waals surface area contributed by atoms with E-state index in [1.165, 1.54) is 11.3 Å². The maximum absolute atomic E-state index is 12.5. The predicted molar refractivity (Wildman–Crippen MR) is 89.3 cm³/mol. The number of nitriles is 1. The van der Waals surface area contributed by atoms with Crippen LogP contribution in [0.1, 0.15) is 16.8 Å². The van der Waals surface area contributed by atoms with Gasteiger partial charge in [-0.1, -0.05) is 6.07 Å². The number of carbonyl (C=O) groups excluding carboxylic acids is 1. The number of anilines is 1. The zero-order chi connectivity index (χ0) is 16.7. The minimum atomic E-state index is -0.272. The molecule has 0 fully saturated rings. The van der Waals surface area contributed by atoms with Crippen molar-refractivity contribution in [3.05, 3.63) is 46.6 Å². The highest BCUT2D eigenvalue weighted by Crippen LogP contribution is 2.27. The van der Waals surface area contributed by atoms with E-state index in [1.807, 2.05) is 30.5 Å². The summed E-state index contributed by atoms with van der Waals surface area (Å²) in [4.78, 5) is 18.4. The highest BCUT2D eigenvalue weighted by molar-refractivity contribution is 7.14. The minimum absolute atomic E-state index is 0.272. The number of nitrogens with zero attached hydrogens (tertiary/aromatic N) is 3. The molecule has 0 saturated heterocycles. The predicted octanol–water partition coefficient (Wildman–Crippen LogP) is 3.00. The van der Waals surface area contributed by atoms with Gasteiger partial charge in [-0.2, -0.15) is 5.26 Å². The molecule has 0 spiro atoms. The number of aromatic nitrogens is 1. The lowest BCUT2D eigenvalue weighted by molar-refractivity contribution is 0.152. The zero-order valence-corrected chi connectivity index (χ0v) is 13.9. The van der Waals surface area contributed by atoms with Crippen molar-refractivity contribution in [3.63, 3.8) is 0 Å². The van der Waals surface area contributed by atoms with E-state index in [0.717, 1.165) is 11.3 Å². The number of carbonyl (C=O) groups is 1. The van der Waals surface area contributed by atoms with Gasteiger partial charge in [0.25, 0.3) is 0 Å². The van der Waals surface area contributed by atoms with Gasteiger partial charge in [0.1, 0.15) is 11.1 Å². The Balaban J connectivity index is 2.11. The van der Waals surface area contributed by atoms with Crippen molar-refractivity contribution < 1.29 is 9.53 Å². The molecule has 0 bridgehead atoms. The fourth-order valence-corrected chi connectivity index (χ4v) is 2.88. The molecule has 0 aliphatic rings. The van der Waals surface area contributed by atoms with Gasteiger partial charge < -0.3 is 9.64 Å². The van der Waals surface area contributed by atoms with Crippen LogP contribution in [0, 0.1) is 18.3 Å². The molecule has 0 atom stereocenters. The van der Waals surface area contributed by atoms with Crippen molar-refractivity contribution >= 4 is 22.4 Å². The van der Waals surface area contributed by atoms with Crippen LogP contribution in [0.3, 0.4) is 0 Å². The largest absolute Gasteiger partial charge is 0.383 e. The molecule has 0 aromatic carbocycles. The fourth-order valence-electron chi connectivity index (χ4n) is 1.99. The maximum Gasteiger partial charge on any atom is 0.322 e. The second kappa shape index (κ2) is 8.27. The number of ether oxygens (including phenoxy) is 1.